The number of carbonyl (C=O) groups is 1. The van der Waals surface area contributed by atoms with Crippen molar-refractivity contribution in [3.8, 4) is 5.75 Å². The maximum Gasteiger partial charge on any atom is 0.255 e. The monoisotopic (exact) mass is 410 g/mol. The Kier molecular flexibility index (Phi) is 6.86. The van der Waals surface area contributed by atoms with Crippen LogP contribution in [-0.2, 0) is 10.0 Å². The fourth-order valence-electron chi connectivity index (χ4n) is 2.30. The van der Waals surface area contributed by atoms with Gasteiger partial charge < -0.3 is 10.1 Å². The number of carbonyl (C=O) groups excluding carboxylic acids is 1. The molecule has 0 unspecified atom stereocenters. The zero-order valence-electron chi connectivity index (χ0n) is 15.6. The van der Waals surface area contributed by atoms with E-state index in [1.165, 1.54) is 24.3 Å². The second kappa shape index (κ2) is 8.73. The van der Waals surface area contributed by atoms with Crippen LogP contribution >= 0.6 is 11.6 Å². The Hall–Kier alpha value is -2.09. The van der Waals surface area contributed by atoms with E-state index in [1.54, 1.807) is 32.0 Å². The van der Waals surface area contributed by atoms with Gasteiger partial charge in [-0.2, -0.15) is 0 Å². The van der Waals surface area contributed by atoms with Gasteiger partial charge in [-0.15, -0.1) is 0 Å². The minimum Gasteiger partial charge on any atom is -0.489 e. The molecule has 2 aromatic rings. The van der Waals surface area contributed by atoms with Crippen LogP contribution in [0.1, 0.15) is 38.1 Å². The molecular formula is C19H23ClN2O4S. The second-order valence-corrected chi connectivity index (χ2v) is 8.69. The summed E-state index contributed by atoms with van der Waals surface area (Å²) in [5.74, 6) is 0.168. The van der Waals surface area contributed by atoms with E-state index in [4.69, 9.17) is 16.3 Å². The third kappa shape index (κ3) is 5.95. The molecule has 0 fully saturated rings. The first-order valence-electron chi connectivity index (χ1n) is 8.48. The van der Waals surface area contributed by atoms with Gasteiger partial charge in [-0.05, 0) is 70.2 Å². The van der Waals surface area contributed by atoms with Crippen LogP contribution < -0.4 is 14.8 Å². The molecule has 2 rings (SSSR count). The average molecular weight is 411 g/mol. The highest BCUT2D eigenvalue weighted by Crippen LogP contribution is 2.28. The summed E-state index contributed by atoms with van der Waals surface area (Å²) in [4.78, 5) is 12.5. The summed E-state index contributed by atoms with van der Waals surface area (Å²) in [7, 11) is -3.59. The molecule has 2 aromatic carbocycles. The fraction of sp³-hybridized carbons (Fsp3) is 0.316. The number of benzene rings is 2. The molecular weight excluding hydrogens is 388 g/mol. The molecule has 6 nitrogen and oxygen atoms in total. The topological polar surface area (TPSA) is 84.5 Å². The van der Waals surface area contributed by atoms with Crippen molar-refractivity contribution in [2.75, 3.05) is 5.32 Å². The van der Waals surface area contributed by atoms with E-state index < -0.39 is 10.0 Å². The van der Waals surface area contributed by atoms with E-state index in [2.05, 4.69) is 10.0 Å². The molecule has 0 aliphatic carbocycles. The molecule has 146 valence electrons. The van der Waals surface area contributed by atoms with E-state index in [9.17, 15) is 13.2 Å². The van der Waals surface area contributed by atoms with Crippen LogP contribution in [-0.4, -0.2) is 26.5 Å². The Balaban J connectivity index is 2.11. The van der Waals surface area contributed by atoms with Crippen LogP contribution in [0.3, 0.4) is 0 Å². The number of rotatable bonds is 7. The van der Waals surface area contributed by atoms with Crippen molar-refractivity contribution >= 4 is 33.2 Å². The van der Waals surface area contributed by atoms with Gasteiger partial charge in [0.05, 0.1) is 16.0 Å². The summed E-state index contributed by atoms with van der Waals surface area (Å²) >= 11 is 6.17. The molecule has 0 radical (unpaired) electrons. The van der Waals surface area contributed by atoms with E-state index >= 15 is 0 Å². The minimum atomic E-state index is -3.59. The standard InChI is InChI=1S/C19H23ClN2O4S/c1-12(2)22-27(24,25)16-8-5-14(6-9-16)19(23)21-15-7-10-18(17(20)11-15)26-13(3)4/h5-13,22H,1-4H3,(H,21,23). The number of hydrogen-bond donors (Lipinski definition) is 2. The second-order valence-electron chi connectivity index (χ2n) is 6.57. The molecule has 0 bridgehead atoms. The van der Waals surface area contributed by atoms with Crippen LogP contribution in [0.5, 0.6) is 5.75 Å². The molecule has 0 saturated carbocycles. The minimum absolute atomic E-state index is 0.0112. The van der Waals surface area contributed by atoms with Crippen LogP contribution in [0.2, 0.25) is 5.02 Å². The van der Waals surface area contributed by atoms with Crippen molar-refractivity contribution in [3.63, 3.8) is 0 Å². The lowest BCUT2D eigenvalue weighted by molar-refractivity contribution is 0.102. The van der Waals surface area contributed by atoms with Crippen molar-refractivity contribution in [1.82, 2.24) is 4.72 Å². The number of sulfonamides is 1. The van der Waals surface area contributed by atoms with E-state index in [-0.39, 0.29) is 22.9 Å². The first-order valence-corrected chi connectivity index (χ1v) is 10.3. The van der Waals surface area contributed by atoms with Crippen molar-refractivity contribution < 1.29 is 17.9 Å². The summed E-state index contributed by atoms with van der Waals surface area (Å²) < 4.78 is 32.3. The van der Waals surface area contributed by atoms with Gasteiger partial charge in [-0.25, -0.2) is 13.1 Å². The van der Waals surface area contributed by atoms with Crippen LogP contribution in [0.4, 0.5) is 5.69 Å². The van der Waals surface area contributed by atoms with Gasteiger partial charge in [0.25, 0.3) is 5.91 Å². The van der Waals surface area contributed by atoms with E-state index in [0.717, 1.165) is 0 Å². The number of anilines is 1. The number of amides is 1. The number of hydrogen-bond acceptors (Lipinski definition) is 4. The van der Waals surface area contributed by atoms with Gasteiger partial charge in [0.15, 0.2) is 0 Å². The van der Waals surface area contributed by atoms with Gasteiger partial charge in [0.2, 0.25) is 10.0 Å². The number of ether oxygens (including phenoxy) is 1. The molecule has 0 saturated heterocycles. The quantitative estimate of drug-likeness (QED) is 0.720. The molecule has 0 aromatic heterocycles. The molecule has 1 amide bonds. The van der Waals surface area contributed by atoms with Crippen molar-refractivity contribution in [1.29, 1.82) is 0 Å². The third-order valence-corrected chi connectivity index (χ3v) is 5.34. The summed E-state index contributed by atoms with van der Waals surface area (Å²) in [5, 5.41) is 3.12. The maximum atomic E-state index is 12.4. The molecule has 0 heterocycles. The van der Waals surface area contributed by atoms with Gasteiger partial charge in [0, 0.05) is 17.3 Å². The molecule has 27 heavy (non-hydrogen) atoms. The lowest BCUT2D eigenvalue weighted by Gasteiger charge is -2.13. The van der Waals surface area contributed by atoms with Gasteiger partial charge >= 0.3 is 0 Å². The lowest BCUT2D eigenvalue weighted by Crippen LogP contribution is -2.30. The molecule has 8 heteroatoms. The zero-order chi connectivity index (χ0) is 20.2. The first kappa shape index (κ1) is 21.2. The van der Waals surface area contributed by atoms with Crippen molar-refractivity contribution in [3.05, 3.63) is 53.1 Å². The maximum absolute atomic E-state index is 12.4. The Morgan fingerprint density at radius 3 is 2.19 bits per heavy atom. The Labute approximate surface area is 164 Å². The summed E-state index contributed by atoms with van der Waals surface area (Å²) in [5.41, 5.74) is 0.844. The average Bonchev–Trinajstić information content (AvgIpc) is 2.56. The normalized spacial score (nSPS) is 11.7. The fourth-order valence-corrected chi connectivity index (χ4v) is 3.77. The predicted molar refractivity (Wildman–Crippen MR) is 107 cm³/mol. The molecule has 0 aliphatic heterocycles. The smallest absolute Gasteiger partial charge is 0.255 e. The Morgan fingerprint density at radius 1 is 1.04 bits per heavy atom. The highest BCUT2D eigenvalue weighted by atomic mass is 35.5. The summed E-state index contributed by atoms with van der Waals surface area (Å²) in [6.07, 6.45) is -0.0112. The summed E-state index contributed by atoms with van der Waals surface area (Å²) in [6.45, 7) is 7.27. The number of nitrogens with one attached hydrogen (secondary N) is 2. The van der Waals surface area contributed by atoms with Crippen LogP contribution in [0.15, 0.2) is 47.4 Å². The van der Waals surface area contributed by atoms with E-state index in [1.807, 2.05) is 13.8 Å². The highest BCUT2D eigenvalue weighted by molar-refractivity contribution is 7.89. The highest BCUT2D eigenvalue weighted by Gasteiger charge is 2.16. The SMILES string of the molecule is CC(C)NS(=O)(=O)c1ccc(C(=O)Nc2ccc(OC(C)C)c(Cl)c2)cc1. The summed E-state index contributed by atoms with van der Waals surface area (Å²) in [6, 6.07) is 10.5. The van der Waals surface area contributed by atoms with Crippen molar-refractivity contribution in [2.24, 2.45) is 0 Å². The van der Waals surface area contributed by atoms with Crippen molar-refractivity contribution in [2.45, 2.75) is 44.7 Å². The lowest BCUT2D eigenvalue weighted by atomic mass is 10.2. The molecule has 0 atom stereocenters. The van der Waals surface area contributed by atoms with Gasteiger partial charge in [0.1, 0.15) is 5.75 Å². The molecule has 0 spiro atoms. The predicted octanol–water partition coefficient (Wildman–Crippen LogP) is 4.07. The van der Waals surface area contributed by atoms with Crippen LogP contribution in [0, 0.1) is 0 Å². The first-order chi connectivity index (χ1) is 12.6. The Morgan fingerprint density at radius 2 is 1.67 bits per heavy atom. The van der Waals surface area contributed by atoms with Crippen LogP contribution in [0.25, 0.3) is 0 Å². The largest absolute Gasteiger partial charge is 0.489 e. The number of halogens is 1. The van der Waals surface area contributed by atoms with E-state index in [0.29, 0.717) is 22.0 Å². The molecule has 0 aliphatic rings. The van der Waals surface area contributed by atoms with Gasteiger partial charge in [-0.3, -0.25) is 4.79 Å². The molecule has 2 N–H and O–H groups in total. The third-order valence-electron chi connectivity index (χ3n) is 3.37. The Bertz CT molecular complexity index is 910. The van der Waals surface area contributed by atoms with Gasteiger partial charge in [-0.1, -0.05) is 11.6 Å². The zero-order valence-corrected chi connectivity index (χ0v) is 17.2.